The van der Waals surface area contributed by atoms with Crippen LogP contribution in [-0.2, 0) is 14.3 Å². The molecular weight excluding hydrogens is 468 g/mol. The second-order valence-electron chi connectivity index (χ2n) is 14.5. The summed E-state index contributed by atoms with van der Waals surface area (Å²) >= 11 is 0. The third kappa shape index (κ3) is 6.45. The largest absolute Gasteiger partial charge is 0.463 e. The van der Waals surface area contributed by atoms with Crippen molar-refractivity contribution in [3.05, 3.63) is 24.3 Å². The minimum Gasteiger partial charge on any atom is -0.463 e. The first-order chi connectivity index (χ1) is 18.2. The summed E-state index contributed by atoms with van der Waals surface area (Å²) in [5, 5.41) is 0. The molecule has 216 valence electrons. The van der Waals surface area contributed by atoms with Gasteiger partial charge in [0.2, 0.25) is 0 Å². The van der Waals surface area contributed by atoms with Crippen molar-refractivity contribution in [2.45, 2.75) is 131 Å². The fourth-order valence-corrected chi connectivity index (χ4v) is 9.66. The second-order valence-corrected chi connectivity index (χ2v) is 14.5. The van der Waals surface area contributed by atoms with E-state index in [0.29, 0.717) is 23.5 Å². The molecule has 0 radical (unpaired) electrons. The summed E-state index contributed by atoms with van der Waals surface area (Å²) in [7, 11) is 0. The van der Waals surface area contributed by atoms with Gasteiger partial charge in [-0.05, 0) is 117 Å². The molecule has 0 aliphatic heterocycles. The van der Waals surface area contributed by atoms with Crippen molar-refractivity contribution in [1.29, 1.82) is 0 Å². The molecule has 4 aliphatic carbocycles. The molecule has 0 unspecified atom stereocenters. The Hall–Kier alpha value is -1.09. The van der Waals surface area contributed by atoms with E-state index in [4.69, 9.17) is 9.47 Å². The zero-order valence-corrected chi connectivity index (χ0v) is 25.4. The van der Waals surface area contributed by atoms with Crippen molar-refractivity contribution >= 4 is 5.97 Å². The highest BCUT2D eigenvalue weighted by Gasteiger charge is 2.59. The first kappa shape index (κ1) is 29.9. The van der Waals surface area contributed by atoms with Crippen molar-refractivity contribution in [3.63, 3.8) is 0 Å². The van der Waals surface area contributed by atoms with Crippen molar-refractivity contribution in [3.8, 4) is 0 Å². The number of ether oxygens (including phenoxy) is 2. The lowest BCUT2D eigenvalue weighted by molar-refractivity contribution is -0.137. The van der Waals surface area contributed by atoms with Crippen LogP contribution in [0.5, 0.6) is 0 Å². The smallest absolute Gasteiger partial charge is 0.330 e. The predicted molar refractivity (Wildman–Crippen MR) is 158 cm³/mol. The maximum atomic E-state index is 11.1. The molecule has 0 aromatic carbocycles. The number of allylic oxidation sites excluding steroid dienone is 1. The van der Waals surface area contributed by atoms with Gasteiger partial charge in [-0.2, -0.15) is 0 Å². The standard InChI is InChI=1S/C35H58O3/c1-7-33(36)38-23-10-8-9-22-37-28-18-20-34(5)27(24-28)14-15-29-31-17-16-30(26(4)13-11-12-25(2)3)35(31,6)21-19-32(29)34/h7,14,25-26,28-32H,1,8-13,15-24H2,2-6H3/t26-,28+,29+,30-,31+,32+,34+,35-/m1/s1. The van der Waals surface area contributed by atoms with E-state index < -0.39 is 0 Å². The van der Waals surface area contributed by atoms with Crippen LogP contribution in [0.3, 0.4) is 0 Å². The predicted octanol–water partition coefficient (Wildman–Crippen LogP) is 9.31. The minimum atomic E-state index is -0.323. The molecule has 0 N–H and O–H groups in total. The fourth-order valence-electron chi connectivity index (χ4n) is 9.66. The molecule has 38 heavy (non-hydrogen) atoms. The van der Waals surface area contributed by atoms with E-state index in [9.17, 15) is 4.79 Å². The molecule has 0 amide bonds. The normalized spacial score (nSPS) is 37.1. The van der Waals surface area contributed by atoms with E-state index in [1.165, 1.54) is 70.3 Å². The maximum Gasteiger partial charge on any atom is 0.330 e. The number of rotatable bonds is 13. The molecule has 3 fully saturated rings. The van der Waals surface area contributed by atoms with Gasteiger partial charge in [-0.25, -0.2) is 4.79 Å². The molecule has 0 aromatic heterocycles. The van der Waals surface area contributed by atoms with Crippen LogP contribution in [0.1, 0.15) is 125 Å². The molecule has 0 saturated heterocycles. The molecule has 0 bridgehead atoms. The lowest BCUT2D eigenvalue weighted by atomic mass is 9.47. The Labute approximate surface area is 234 Å². The molecule has 8 atom stereocenters. The van der Waals surface area contributed by atoms with Gasteiger partial charge in [0.05, 0.1) is 12.7 Å². The van der Waals surface area contributed by atoms with E-state index in [1.54, 1.807) is 5.57 Å². The Morgan fingerprint density at radius 2 is 1.79 bits per heavy atom. The number of carbonyl (C=O) groups is 1. The number of carbonyl (C=O) groups excluding carboxylic acids is 1. The third-order valence-electron chi connectivity index (χ3n) is 11.8. The van der Waals surface area contributed by atoms with Crippen molar-refractivity contribution in [2.75, 3.05) is 13.2 Å². The van der Waals surface area contributed by atoms with Crippen LogP contribution in [0, 0.1) is 46.3 Å². The molecule has 0 heterocycles. The number of esters is 1. The summed E-state index contributed by atoms with van der Waals surface area (Å²) < 4.78 is 11.4. The number of fused-ring (bicyclic) bond motifs is 5. The first-order valence-electron chi connectivity index (χ1n) is 16.3. The molecule has 4 aliphatic rings. The van der Waals surface area contributed by atoms with Gasteiger partial charge in [0.15, 0.2) is 0 Å². The van der Waals surface area contributed by atoms with Gasteiger partial charge >= 0.3 is 5.97 Å². The topological polar surface area (TPSA) is 35.5 Å². The fraction of sp³-hybridized carbons (Fsp3) is 0.857. The molecule has 0 spiro atoms. The summed E-state index contributed by atoms with van der Waals surface area (Å²) in [6, 6.07) is 0. The summed E-state index contributed by atoms with van der Waals surface area (Å²) in [4.78, 5) is 11.1. The van der Waals surface area contributed by atoms with Crippen LogP contribution < -0.4 is 0 Å². The molecule has 3 saturated carbocycles. The Morgan fingerprint density at radius 3 is 2.55 bits per heavy atom. The lowest BCUT2D eigenvalue weighted by Crippen LogP contribution is -2.51. The highest BCUT2D eigenvalue weighted by atomic mass is 16.5. The molecule has 3 heteroatoms. The van der Waals surface area contributed by atoms with E-state index >= 15 is 0 Å². The Morgan fingerprint density at radius 1 is 1.00 bits per heavy atom. The SMILES string of the molecule is C=CC(=O)OCCCCCO[C@H]1CC[C@@]2(C)C(=CC[C@H]3[C@@H]4CC[C@H]([C@H](C)CCCC(C)C)[C@@]4(C)CC[C@@H]32)C1. The van der Waals surface area contributed by atoms with Crippen LogP contribution in [0.15, 0.2) is 24.3 Å². The molecule has 4 rings (SSSR count). The van der Waals surface area contributed by atoms with Crippen LogP contribution in [0.4, 0.5) is 0 Å². The van der Waals surface area contributed by atoms with Gasteiger partial charge in [-0.1, -0.05) is 72.1 Å². The van der Waals surface area contributed by atoms with E-state index in [0.717, 1.165) is 67.8 Å². The van der Waals surface area contributed by atoms with Crippen molar-refractivity contribution in [1.82, 2.24) is 0 Å². The number of hydrogen-bond donors (Lipinski definition) is 0. The third-order valence-corrected chi connectivity index (χ3v) is 11.8. The summed E-state index contributed by atoms with van der Waals surface area (Å²) in [5.74, 6) is 5.08. The Kier molecular flexibility index (Phi) is 10.3. The zero-order chi connectivity index (χ0) is 27.3. The number of unbranched alkanes of at least 4 members (excludes halogenated alkanes) is 2. The average Bonchev–Trinajstić information content (AvgIpc) is 3.25. The van der Waals surface area contributed by atoms with Crippen LogP contribution in [-0.4, -0.2) is 25.3 Å². The maximum absolute atomic E-state index is 11.1. The summed E-state index contributed by atoms with van der Waals surface area (Å²) in [6.45, 7) is 17.4. The summed E-state index contributed by atoms with van der Waals surface area (Å²) in [5.41, 5.74) is 2.71. The Balaban J connectivity index is 1.28. The second kappa shape index (κ2) is 13.0. The zero-order valence-electron chi connectivity index (χ0n) is 25.4. The van der Waals surface area contributed by atoms with Crippen molar-refractivity contribution < 1.29 is 14.3 Å². The van der Waals surface area contributed by atoms with Gasteiger partial charge in [0.25, 0.3) is 0 Å². The van der Waals surface area contributed by atoms with Gasteiger partial charge in [-0.3, -0.25) is 0 Å². The summed E-state index contributed by atoms with van der Waals surface area (Å²) in [6.07, 6.45) is 22.4. The van der Waals surface area contributed by atoms with Gasteiger partial charge in [-0.15, -0.1) is 0 Å². The van der Waals surface area contributed by atoms with Crippen LogP contribution in [0.2, 0.25) is 0 Å². The molecular formula is C35H58O3. The van der Waals surface area contributed by atoms with Crippen LogP contribution >= 0.6 is 0 Å². The highest BCUT2D eigenvalue weighted by molar-refractivity contribution is 5.81. The molecule has 0 aromatic rings. The van der Waals surface area contributed by atoms with Gasteiger partial charge in [0, 0.05) is 12.7 Å². The van der Waals surface area contributed by atoms with E-state index in [2.05, 4.69) is 47.3 Å². The quantitative estimate of drug-likeness (QED) is 0.104. The van der Waals surface area contributed by atoms with Crippen LogP contribution in [0.25, 0.3) is 0 Å². The van der Waals surface area contributed by atoms with Gasteiger partial charge in [0.1, 0.15) is 0 Å². The highest BCUT2D eigenvalue weighted by Crippen LogP contribution is 2.67. The monoisotopic (exact) mass is 526 g/mol. The minimum absolute atomic E-state index is 0.323. The first-order valence-corrected chi connectivity index (χ1v) is 16.3. The van der Waals surface area contributed by atoms with Crippen molar-refractivity contribution in [2.24, 2.45) is 46.3 Å². The average molecular weight is 527 g/mol. The number of hydrogen-bond acceptors (Lipinski definition) is 3. The Bertz CT molecular complexity index is 829. The van der Waals surface area contributed by atoms with E-state index in [1.807, 2.05) is 0 Å². The van der Waals surface area contributed by atoms with E-state index in [-0.39, 0.29) is 5.97 Å². The molecule has 3 nitrogen and oxygen atoms in total. The van der Waals surface area contributed by atoms with Gasteiger partial charge < -0.3 is 9.47 Å². The lowest BCUT2D eigenvalue weighted by Gasteiger charge is -2.58.